The average Bonchev–Trinajstić information content (AvgIpc) is 2.92. The summed E-state index contributed by atoms with van der Waals surface area (Å²) in [6, 6.07) is 11.9. The molecule has 0 amide bonds. The summed E-state index contributed by atoms with van der Waals surface area (Å²) >= 11 is 0. The summed E-state index contributed by atoms with van der Waals surface area (Å²) in [4.78, 5) is 0. The van der Waals surface area contributed by atoms with E-state index in [2.05, 4.69) is 26.0 Å². The van der Waals surface area contributed by atoms with Gasteiger partial charge in [-0.1, -0.05) is 68.9 Å². The van der Waals surface area contributed by atoms with Crippen LogP contribution in [-0.2, 0) is 0 Å². The summed E-state index contributed by atoms with van der Waals surface area (Å²) in [6.45, 7) is 8.34. The van der Waals surface area contributed by atoms with Crippen LogP contribution in [0, 0.1) is 27.7 Å². The number of phenols is 3. The van der Waals surface area contributed by atoms with Gasteiger partial charge in [-0.2, -0.15) is 0 Å². The topological polar surface area (TPSA) is 60.7 Å². The lowest BCUT2D eigenvalue weighted by molar-refractivity contribution is 0.410. The predicted molar refractivity (Wildman–Crippen MR) is 156 cm³/mol. The molecule has 3 heteroatoms. The van der Waals surface area contributed by atoms with Gasteiger partial charge in [0.05, 0.1) is 0 Å². The number of hydrogen-bond acceptors (Lipinski definition) is 3. The van der Waals surface area contributed by atoms with Crippen LogP contribution in [0.5, 0.6) is 17.2 Å². The fraction of sp³-hybridized carbons (Fsp3) is 0.486. The first-order valence-electron chi connectivity index (χ1n) is 14.7. The minimum atomic E-state index is -0.195. The maximum atomic E-state index is 11.3. The Morgan fingerprint density at radius 2 is 1.00 bits per heavy atom. The molecule has 202 valence electrons. The molecule has 0 spiro atoms. The fourth-order valence-corrected chi connectivity index (χ4v) is 7.53. The molecule has 5 rings (SSSR count). The zero-order valence-corrected chi connectivity index (χ0v) is 23.6. The largest absolute Gasteiger partial charge is 0.508 e. The highest BCUT2D eigenvalue weighted by molar-refractivity contribution is 5.62. The van der Waals surface area contributed by atoms with Crippen LogP contribution in [0.25, 0.3) is 0 Å². The van der Waals surface area contributed by atoms with Crippen molar-refractivity contribution < 1.29 is 15.3 Å². The lowest BCUT2D eigenvalue weighted by Gasteiger charge is -2.32. The highest BCUT2D eigenvalue weighted by atomic mass is 16.3. The van der Waals surface area contributed by atoms with Gasteiger partial charge in [0.15, 0.2) is 0 Å². The molecule has 0 aromatic heterocycles. The Labute approximate surface area is 228 Å². The Kier molecular flexibility index (Phi) is 7.75. The van der Waals surface area contributed by atoms with Crippen molar-refractivity contribution in [2.45, 2.75) is 110 Å². The lowest BCUT2D eigenvalue weighted by atomic mass is 9.73. The molecule has 0 radical (unpaired) electrons. The van der Waals surface area contributed by atoms with Gasteiger partial charge in [-0.25, -0.2) is 0 Å². The van der Waals surface area contributed by atoms with Crippen LogP contribution in [-0.4, -0.2) is 15.3 Å². The first-order chi connectivity index (χ1) is 18.3. The number of phenolic OH excluding ortho intramolecular Hbond substituents is 3. The van der Waals surface area contributed by atoms with Gasteiger partial charge < -0.3 is 15.3 Å². The van der Waals surface area contributed by atoms with Gasteiger partial charge >= 0.3 is 0 Å². The smallest absolute Gasteiger partial charge is 0.122 e. The van der Waals surface area contributed by atoms with Gasteiger partial charge in [0, 0.05) is 22.6 Å². The molecular weight excluding hydrogens is 468 g/mol. The predicted octanol–water partition coefficient (Wildman–Crippen LogP) is 9.31. The Morgan fingerprint density at radius 3 is 1.42 bits per heavy atom. The second kappa shape index (κ2) is 11.0. The maximum absolute atomic E-state index is 11.3. The Hall–Kier alpha value is -2.94. The van der Waals surface area contributed by atoms with Crippen LogP contribution in [0.3, 0.4) is 0 Å². The van der Waals surface area contributed by atoms with Crippen LogP contribution in [0.1, 0.15) is 132 Å². The number of para-hydroxylation sites is 1. The molecule has 38 heavy (non-hydrogen) atoms. The monoisotopic (exact) mass is 512 g/mol. The van der Waals surface area contributed by atoms with Crippen molar-refractivity contribution in [3.05, 3.63) is 86.5 Å². The molecule has 3 aromatic rings. The summed E-state index contributed by atoms with van der Waals surface area (Å²) in [7, 11) is 0. The molecule has 0 heterocycles. The Bertz CT molecular complexity index is 1230. The van der Waals surface area contributed by atoms with E-state index < -0.39 is 0 Å². The van der Waals surface area contributed by atoms with Crippen molar-refractivity contribution in [2.24, 2.45) is 0 Å². The van der Waals surface area contributed by atoms with Gasteiger partial charge in [-0.3, -0.25) is 0 Å². The van der Waals surface area contributed by atoms with Gasteiger partial charge in [0.25, 0.3) is 0 Å². The molecule has 2 fully saturated rings. The van der Waals surface area contributed by atoms with E-state index in [4.69, 9.17) is 0 Å². The number of hydrogen-bond donors (Lipinski definition) is 3. The van der Waals surface area contributed by atoms with Crippen molar-refractivity contribution in [1.82, 2.24) is 0 Å². The fourth-order valence-electron chi connectivity index (χ4n) is 7.53. The van der Waals surface area contributed by atoms with E-state index in [-0.39, 0.29) is 11.7 Å². The van der Waals surface area contributed by atoms with Gasteiger partial charge in [-0.05, 0) is 105 Å². The molecule has 3 aromatic carbocycles. The van der Waals surface area contributed by atoms with E-state index in [1.165, 1.54) is 38.5 Å². The molecule has 2 aliphatic rings. The maximum Gasteiger partial charge on any atom is 0.122 e. The van der Waals surface area contributed by atoms with Crippen LogP contribution >= 0.6 is 0 Å². The van der Waals surface area contributed by atoms with E-state index in [0.29, 0.717) is 23.3 Å². The molecule has 0 aliphatic heterocycles. The highest BCUT2D eigenvalue weighted by Gasteiger charge is 2.31. The first-order valence-corrected chi connectivity index (χ1v) is 14.7. The summed E-state index contributed by atoms with van der Waals surface area (Å²) in [6.07, 6.45) is 11.8. The van der Waals surface area contributed by atoms with E-state index in [1.807, 2.05) is 32.0 Å². The minimum absolute atomic E-state index is 0.195. The summed E-state index contributed by atoms with van der Waals surface area (Å²) < 4.78 is 0. The third-order valence-electron chi connectivity index (χ3n) is 9.57. The van der Waals surface area contributed by atoms with Gasteiger partial charge in [0.1, 0.15) is 17.2 Å². The van der Waals surface area contributed by atoms with Crippen LogP contribution in [0.4, 0.5) is 0 Å². The number of aromatic hydroxyl groups is 3. The molecule has 0 saturated heterocycles. The molecule has 2 saturated carbocycles. The quantitative estimate of drug-likeness (QED) is 0.298. The normalized spacial score (nSPS) is 17.3. The zero-order chi connectivity index (χ0) is 27.0. The van der Waals surface area contributed by atoms with Crippen molar-refractivity contribution in [3.63, 3.8) is 0 Å². The Balaban J connectivity index is 1.77. The van der Waals surface area contributed by atoms with Crippen molar-refractivity contribution in [2.75, 3.05) is 0 Å². The molecular formula is C35H44O3. The van der Waals surface area contributed by atoms with Crippen molar-refractivity contribution >= 4 is 0 Å². The molecule has 3 N–H and O–H groups in total. The average molecular weight is 513 g/mol. The van der Waals surface area contributed by atoms with E-state index in [9.17, 15) is 15.3 Å². The highest BCUT2D eigenvalue weighted by Crippen LogP contribution is 2.49. The van der Waals surface area contributed by atoms with E-state index in [1.54, 1.807) is 6.07 Å². The second-order valence-electron chi connectivity index (χ2n) is 12.0. The SMILES string of the molecule is Cc1cc(C(c2ccccc2O)c2cc(C)c(O)c(C3CCCCC3)c2C)c(C)c(C2CCCCC2)c1O. The third-order valence-corrected chi connectivity index (χ3v) is 9.57. The number of aryl methyl sites for hydroxylation is 2. The van der Waals surface area contributed by atoms with Crippen LogP contribution in [0.2, 0.25) is 0 Å². The van der Waals surface area contributed by atoms with Crippen molar-refractivity contribution in [1.29, 1.82) is 0 Å². The van der Waals surface area contributed by atoms with Crippen LogP contribution < -0.4 is 0 Å². The van der Waals surface area contributed by atoms with Gasteiger partial charge in [0.2, 0.25) is 0 Å². The van der Waals surface area contributed by atoms with Crippen molar-refractivity contribution in [3.8, 4) is 17.2 Å². The Morgan fingerprint density at radius 1 is 0.579 bits per heavy atom. The minimum Gasteiger partial charge on any atom is -0.508 e. The number of rotatable bonds is 5. The summed E-state index contributed by atoms with van der Waals surface area (Å²) in [5.41, 5.74) is 9.42. The molecule has 2 aliphatic carbocycles. The van der Waals surface area contributed by atoms with E-state index in [0.717, 1.165) is 75.8 Å². The molecule has 0 bridgehead atoms. The molecule has 0 unspecified atom stereocenters. The van der Waals surface area contributed by atoms with Gasteiger partial charge in [-0.15, -0.1) is 0 Å². The molecule has 3 nitrogen and oxygen atoms in total. The summed E-state index contributed by atoms with van der Waals surface area (Å²) in [5.74, 6) is 1.71. The standard InChI is InChI=1S/C35H44O3/c1-21-19-28(23(3)31(34(21)37)25-13-7-5-8-14-25)33(27-17-11-12-18-30(27)36)29-20-22(2)35(38)32(24(29)4)26-15-9-6-10-16-26/h11-12,17-20,25-26,33,36-38H,5-10,13-16H2,1-4H3. The second-order valence-corrected chi connectivity index (χ2v) is 12.0. The first kappa shape index (κ1) is 26.7. The van der Waals surface area contributed by atoms with E-state index >= 15 is 0 Å². The third kappa shape index (κ3) is 4.81. The number of benzene rings is 3. The zero-order valence-electron chi connectivity index (χ0n) is 23.6. The van der Waals surface area contributed by atoms with Crippen LogP contribution in [0.15, 0.2) is 36.4 Å². The molecule has 0 atom stereocenters. The lowest BCUT2D eigenvalue weighted by Crippen LogP contribution is -2.15. The summed E-state index contributed by atoms with van der Waals surface area (Å²) in [5, 5.41) is 33.8.